The van der Waals surface area contributed by atoms with Gasteiger partial charge >= 0.3 is 0 Å². The molecule has 0 fully saturated rings. The van der Waals surface area contributed by atoms with Crippen molar-refractivity contribution in [1.82, 2.24) is 25.2 Å². The third-order valence-electron chi connectivity index (χ3n) is 4.21. The zero-order chi connectivity index (χ0) is 19.7. The van der Waals surface area contributed by atoms with Gasteiger partial charge in [0.2, 0.25) is 0 Å². The van der Waals surface area contributed by atoms with Crippen molar-refractivity contribution in [2.45, 2.75) is 0 Å². The average molecular weight is 413 g/mol. The van der Waals surface area contributed by atoms with E-state index >= 15 is 0 Å². The van der Waals surface area contributed by atoms with E-state index in [-0.39, 0.29) is 0 Å². The predicted molar refractivity (Wildman–Crippen MR) is 109 cm³/mol. The fourth-order valence-corrected chi connectivity index (χ4v) is 3.14. The molecule has 0 amide bonds. The minimum absolute atomic E-state index is 0.298. The molecule has 2 aromatic heterocycles. The van der Waals surface area contributed by atoms with Gasteiger partial charge in [0.15, 0.2) is 5.82 Å². The summed E-state index contributed by atoms with van der Waals surface area (Å²) in [5.74, 6) is 1.47. The van der Waals surface area contributed by atoms with E-state index in [2.05, 4.69) is 20.5 Å². The Morgan fingerprint density at radius 2 is 1.82 bits per heavy atom. The van der Waals surface area contributed by atoms with Crippen molar-refractivity contribution >= 4 is 29.0 Å². The molecule has 2 N–H and O–H groups in total. The smallest absolute Gasteiger partial charge is 0.190 e. The van der Waals surface area contributed by atoms with Crippen molar-refractivity contribution in [3.63, 3.8) is 0 Å². The first kappa shape index (κ1) is 18.2. The fourth-order valence-electron chi connectivity index (χ4n) is 2.77. The van der Waals surface area contributed by atoms with Crippen LogP contribution in [0.4, 0.5) is 5.82 Å². The quantitative estimate of drug-likeness (QED) is 0.537. The van der Waals surface area contributed by atoms with Crippen LogP contribution in [0.3, 0.4) is 0 Å². The van der Waals surface area contributed by atoms with Crippen LogP contribution in [0.1, 0.15) is 0 Å². The van der Waals surface area contributed by atoms with Crippen LogP contribution in [-0.2, 0) is 0 Å². The first-order chi connectivity index (χ1) is 13.6. The largest absolute Gasteiger partial charge is 0.497 e. The SMILES string of the molecule is COc1ccc(-c2cnc(N)c(-c3nnnn3-c3cccc(Cl)c3Cl)c2)cc1. The normalized spacial score (nSPS) is 10.8. The van der Waals surface area contributed by atoms with Gasteiger partial charge in [-0.2, -0.15) is 4.68 Å². The predicted octanol–water partition coefficient (Wildman–Crippen LogP) is 4.29. The number of nitrogen functional groups attached to an aromatic ring is 1. The van der Waals surface area contributed by atoms with Crippen LogP contribution in [0, 0.1) is 0 Å². The molecule has 140 valence electrons. The highest BCUT2D eigenvalue weighted by Gasteiger charge is 2.18. The summed E-state index contributed by atoms with van der Waals surface area (Å²) >= 11 is 12.5. The fraction of sp³-hybridized carbons (Fsp3) is 0.0526. The average Bonchev–Trinajstić information content (AvgIpc) is 3.20. The lowest BCUT2D eigenvalue weighted by Crippen LogP contribution is -2.04. The van der Waals surface area contributed by atoms with Crippen molar-refractivity contribution in [2.24, 2.45) is 0 Å². The summed E-state index contributed by atoms with van der Waals surface area (Å²) in [5, 5.41) is 12.7. The molecule has 0 aliphatic heterocycles. The van der Waals surface area contributed by atoms with Crippen LogP contribution >= 0.6 is 23.2 Å². The second-order valence-corrected chi connectivity index (χ2v) is 6.66. The van der Waals surface area contributed by atoms with E-state index in [0.717, 1.165) is 16.9 Å². The molecule has 0 unspecified atom stereocenters. The maximum atomic E-state index is 6.33. The summed E-state index contributed by atoms with van der Waals surface area (Å²) in [5.41, 5.74) is 9.06. The van der Waals surface area contributed by atoms with Crippen molar-refractivity contribution in [3.8, 4) is 34.0 Å². The topological polar surface area (TPSA) is 91.7 Å². The molecule has 28 heavy (non-hydrogen) atoms. The van der Waals surface area contributed by atoms with Gasteiger partial charge in [-0.1, -0.05) is 41.4 Å². The Labute approximate surface area is 170 Å². The number of pyridine rings is 1. The number of benzene rings is 2. The highest BCUT2D eigenvalue weighted by atomic mass is 35.5. The molecule has 0 atom stereocenters. The van der Waals surface area contributed by atoms with E-state index in [4.69, 9.17) is 33.7 Å². The van der Waals surface area contributed by atoms with Crippen molar-refractivity contribution in [2.75, 3.05) is 12.8 Å². The third kappa shape index (κ3) is 3.26. The molecule has 2 heterocycles. The monoisotopic (exact) mass is 412 g/mol. The number of hydrogen-bond donors (Lipinski definition) is 1. The molecule has 2 aromatic carbocycles. The number of rotatable bonds is 4. The van der Waals surface area contributed by atoms with E-state index in [1.807, 2.05) is 30.3 Å². The summed E-state index contributed by atoms with van der Waals surface area (Å²) in [6, 6.07) is 14.7. The van der Waals surface area contributed by atoms with Crippen LogP contribution in [0.5, 0.6) is 5.75 Å². The van der Waals surface area contributed by atoms with Crippen LogP contribution in [-0.4, -0.2) is 32.3 Å². The van der Waals surface area contributed by atoms with E-state index in [9.17, 15) is 0 Å². The van der Waals surface area contributed by atoms with E-state index in [1.165, 1.54) is 4.68 Å². The zero-order valence-electron chi connectivity index (χ0n) is 14.7. The number of methoxy groups -OCH3 is 1. The Bertz CT molecular complexity index is 1140. The van der Waals surface area contributed by atoms with Gasteiger partial charge in [0.25, 0.3) is 0 Å². The minimum atomic E-state index is 0.298. The van der Waals surface area contributed by atoms with Gasteiger partial charge in [-0.3, -0.25) is 0 Å². The number of anilines is 1. The molecule has 0 spiro atoms. The number of aromatic nitrogens is 5. The Morgan fingerprint density at radius 1 is 1.04 bits per heavy atom. The van der Waals surface area contributed by atoms with E-state index in [0.29, 0.717) is 32.9 Å². The Balaban J connectivity index is 1.82. The molecule has 0 saturated heterocycles. The lowest BCUT2D eigenvalue weighted by atomic mass is 10.0. The summed E-state index contributed by atoms with van der Waals surface area (Å²) < 4.78 is 6.69. The number of ether oxygens (including phenoxy) is 1. The maximum absolute atomic E-state index is 6.33. The van der Waals surface area contributed by atoms with Gasteiger partial charge in [0.1, 0.15) is 11.6 Å². The highest BCUT2D eigenvalue weighted by Crippen LogP contribution is 2.33. The lowest BCUT2D eigenvalue weighted by Gasteiger charge is -2.10. The first-order valence-corrected chi connectivity index (χ1v) is 8.97. The summed E-state index contributed by atoms with van der Waals surface area (Å²) in [6.45, 7) is 0. The summed E-state index contributed by atoms with van der Waals surface area (Å²) in [6.07, 6.45) is 1.70. The summed E-state index contributed by atoms with van der Waals surface area (Å²) in [7, 11) is 1.62. The highest BCUT2D eigenvalue weighted by molar-refractivity contribution is 6.43. The molecular weight excluding hydrogens is 399 g/mol. The number of hydrogen-bond acceptors (Lipinski definition) is 6. The minimum Gasteiger partial charge on any atom is -0.497 e. The van der Waals surface area contributed by atoms with Gasteiger partial charge in [-0.25, -0.2) is 4.98 Å². The van der Waals surface area contributed by atoms with Crippen LogP contribution in [0.25, 0.3) is 28.2 Å². The van der Waals surface area contributed by atoms with Crippen LogP contribution in [0.15, 0.2) is 54.7 Å². The van der Waals surface area contributed by atoms with Crippen LogP contribution < -0.4 is 10.5 Å². The zero-order valence-corrected chi connectivity index (χ0v) is 16.2. The number of halogens is 2. The first-order valence-electron chi connectivity index (χ1n) is 8.21. The van der Waals surface area contributed by atoms with Gasteiger partial charge in [0, 0.05) is 11.8 Å². The number of nitrogens with two attached hydrogens (primary N) is 1. The molecule has 0 saturated carbocycles. The molecule has 4 rings (SSSR count). The van der Waals surface area contributed by atoms with Gasteiger partial charge in [0.05, 0.1) is 28.4 Å². The number of tetrazole rings is 1. The molecule has 7 nitrogen and oxygen atoms in total. The van der Waals surface area contributed by atoms with Gasteiger partial charge in [-0.05, 0) is 46.3 Å². The Kier molecular flexibility index (Phi) is 4.85. The molecule has 9 heteroatoms. The standard InChI is InChI=1S/C19H14Cl2N6O/c1-28-13-7-5-11(6-8-13)12-9-14(18(22)23-10-12)19-24-25-26-27(19)16-4-2-3-15(20)17(16)21/h2-10H,1H3,(H2,22,23). The maximum Gasteiger partial charge on any atom is 0.190 e. The molecule has 0 aliphatic rings. The van der Waals surface area contributed by atoms with Crippen molar-refractivity contribution in [1.29, 1.82) is 0 Å². The van der Waals surface area contributed by atoms with E-state index in [1.54, 1.807) is 31.5 Å². The molecule has 4 aromatic rings. The Hall–Kier alpha value is -3.16. The molecule has 0 bridgehead atoms. The number of nitrogens with zero attached hydrogens (tertiary/aromatic N) is 5. The lowest BCUT2D eigenvalue weighted by molar-refractivity contribution is 0.415. The van der Waals surface area contributed by atoms with Crippen molar-refractivity contribution < 1.29 is 4.74 Å². The Morgan fingerprint density at radius 3 is 2.57 bits per heavy atom. The van der Waals surface area contributed by atoms with E-state index < -0.39 is 0 Å². The molecular formula is C19H14Cl2N6O. The summed E-state index contributed by atoms with van der Waals surface area (Å²) in [4.78, 5) is 4.31. The second-order valence-electron chi connectivity index (χ2n) is 5.87. The van der Waals surface area contributed by atoms with Gasteiger partial charge < -0.3 is 10.5 Å². The molecule has 0 aliphatic carbocycles. The van der Waals surface area contributed by atoms with Crippen LogP contribution in [0.2, 0.25) is 10.0 Å². The van der Waals surface area contributed by atoms with Crippen molar-refractivity contribution in [3.05, 3.63) is 64.8 Å². The van der Waals surface area contributed by atoms with Gasteiger partial charge in [-0.15, -0.1) is 5.10 Å². The second kappa shape index (κ2) is 7.46. The third-order valence-corrected chi connectivity index (χ3v) is 5.02. The molecule has 0 radical (unpaired) electrons.